The zero-order valence-electron chi connectivity index (χ0n) is 14.4. The predicted octanol–water partition coefficient (Wildman–Crippen LogP) is 3.97. The lowest BCUT2D eigenvalue weighted by molar-refractivity contribution is 0.141. The second-order valence-corrected chi connectivity index (χ2v) is 9.33. The molecule has 0 heterocycles. The Bertz CT molecular complexity index is 314. The number of nitrogens with one attached hydrogen (secondary N) is 1. The minimum absolute atomic E-state index is 0.350. The molecule has 0 aromatic heterocycles. The summed E-state index contributed by atoms with van der Waals surface area (Å²) in [6.45, 7) is 11.5. The monoisotopic (exact) mass is 301 g/mol. The highest BCUT2D eigenvalue weighted by atomic mass is 32.2. The number of rotatable bonds is 7. The van der Waals surface area contributed by atoms with Gasteiger partial charge in [-0.2, -0.15) is 0 Å². The highest BCUT2D eigenvalue weighted by molar-refractivity contribution is 7.85. The van der Waals surface area contributed by atoms with Crippen LogP contribution in [0.4, 0.5) is 0 Å². The molecule has 20 heavy (non-hydrogen) atoms. The molecular weight excluding hydrogens is 266 g/mol. The Morgan fingerprint density at radius 1 is 1.30 bits per heavy atom. The molecule has 0 saturated heterocycles. The topological polar surface area (TPSA) is 29.1 Å². The van der Waals surface area contributed by atoms with Gasteiger partial charge in [-0.3, -0.25) is 4.21 Å². The van der Waals surface area contributed by atoms with E-state index in [1.54, 1.807) is 0 Å². The molecule has 1 fully saturated rings. The van der Waals surface area contributed by atoms with Crippen LogP contribution in [-0.4, -0.2) is 28.3 Å². The highest BCUT2D eigenvalue weighted by Crippen LogP contribution is 2.41. The summed E-state index contributed by atoms with van der Waals surface area (Å²) in [5.74, 6) is 2.25. The van der Waals surface area contributed by atoms with Crippen LogP contribution in [0, 0.1) is 17.3 Å². The highest BCUT2D eigenvalue weighted by Gasteiger charge is 2.38. The van der Waals surface area contributed by atoms with Crippen molar-refractivity contribution in [1.29, 1.82) is 0 Å². The normalized spacial score (nSPS) is 29.6. The van der Waals surface area contributed by atoms with Crippen molar-refractivity contribution in [3.63, 3.8) is 0 Å². The first-order chi connectivity index (χ1) is 9.31. The molecular formula is C17H35NOS. The SMILES string of the molecule is CCC(C)(C)C1CCC(NC)C(S(=O)CCC(C)C)C1. The van der Waals surface area contributed by atoms with Crippen LogP contribution in [-0.2, 0) is 10.8 Å². The molecule has 0 spiro atoms. The maximum atomic E-state index is 12.7. The average Bonchev–Trinajstić information content (AvgIpc) is 2.43. The van der Waals surface area contributed by atoms with E-state index in [9.17, 15) is 4.21 Å². The van der Waals surface area contributed by atoms with Gasteiger partial charge in [0.25, 0.3) is 0 Å². The number of hydrogen-bond acceptors (Lipinski definition) is 2. The molecule has 0 amide bonds. The molecule has 0 aromatic rings. The third-order valence-corrected chi connectivity index (χ3v) is 7.25. The van der Waals surface area contributed by atoms with E-state index in [1.807, 2.05) is 7.05 Å². The van der Waals surface area contributed by atoms with Gasteiger partial charge in [0, 0.05) is 22.6 Å². The van der Waals surface area contributed by atoms with Crippen LogP contribution in [0.25, 0.3) is 0 Å². The van der Waals surface area contributed by atoms with E-state index in [1.165, 1.54) is 19.3 Å². The standard InChI is InChI=1S/C17H35NOS/c1-7-17(4,5)14-8-9-15(18-6)16(12-14)20(19)11-10-13(2)3/h13-16,18H,7-12H2,1-6H3. The molecule has 1 saturated carbocycles. The minimum Gasteiger partial charge on any atom is -0.316 e. The van der Waals surface area contributed by atoms with E-state index in [2.05, 4.69) is 39.9 Å². The number of hydrogen-bond donors (Lipinski definition) is 1. The van der Waals surface area contributed by atoms with Gasteiger partial charge in [-0.25, -0.2) is 0 Å². The van der Waals surface area contributed by atoms with Crippen LogP contribution in [0.1, 0.15) is 66.7 Å². The second kappa shape index (κ2) is 7.93. The van der Waals surface area contributed by atoms with Crippen molar-refractivity contribution < 1.29 is 4.21 Å². The van der Waals surface area contributed by atoms with Gasteiger partial charge in [0.05, 0.1) is 5.25 Å². The van der Waals surface area contributed by atoms with Gasteiger partial charge in [0.2, 0.25) is 0 Å². The van der Waals surface area contributed by atoms with Gasteiger partial charge in [0.1, 0.15) is 0 Å². The lowest BCUT2D eigenvalue weighted by Gasteiger charge is -2.42. The van der Waals surface area contributed by atoms with Crippen LogP contribution in [0.2, 0.25) is 0 Å². The molecule has 4 atom stereocenters. The van der Waals surface area contributed by atoms with E-state index in [4.69, 9.17) is 0 Å². The summed E-state index contributed by atoms with van der Waals surface area (Å²) in [4.78, 5) is 0. The van der Waals surface area contributed by atoms with Gasteiger partial charge in [-0.1, -0.05) is 41.0 Å². The van der Waals surface area contributed by atoms with Crippen LogP contribution in [0.3, 0.4) is 0 Å². The Balaban J connectivity index is 2.70. The molecule has 0 bridgehead atoms. The lowest BCUT2D eigenvalue weighted by Crippen LogP contribution is -2.47. The van der Waals surface area contributed by atoms with Crippen LogP contribution < -0.4 is 5.32 Å². The smallest absolute Gasteiger partial charge is 0.0503 e. The summed E-state index contributed by atoms with van der Waals surface area (Å²) in [5, 5.41) is 3.77. The Morgan fingerprint density at radius 3 is 2.45 bits per heavy atom. The van der Waals surface area contributed by atoms with Crippen LogP contribution in [0.15, 0.2) is 0 Å². The van der Waals surface area contributed by atoms with Crippen LogP contribution >= 0.6 is 0 Å². The Morgan fingerprint density at radius 2 is 1.95 bits per heavy atom. The van der Waals surface area contributed by atoms with Gasteiger partial charge in [-0.05, 0) is 50.0 Å². The molecule has 3 heteroatoms. The van der Waals surface area contributed by atoms with E-state index in [-0.39, 0.29) is 0 Å². The average molecular weight is 302 g/mol. The van der Waals surface area contributed by atoms with E-state index in [0.717, 1.165) is 24.5 Å². The van der Waals surface area contributed by atoms with E-state index < -0.39 is 10.8 Å². The van der Waals surface area contributed by atoms with Gasteiger partial charge in [-0.15, -0.1) is 0 Å². The van der Waals surface area contributed by atoms with Gasteiger partial charge in [0.15, 0.2) is 0 Å². The zero-order valence-corrected chi connectivity index (χ0v) is 15.2. The Hall–Kier alpha value is 0.110. The van der Waals surface area contributed by atoms with Crippen molar-refractivity contribution in [2.75, 3.05) is 12.8 Å². The van der Waals surface area contributed by atoms with E-state index >= 15 is 0 Å². The van der Waals surface area contributed by atoms with Crippen molar-refractivity contribution in [2.45, 2.75) is 78.0 Å². The lowest BCUT2D eigenvalue weighted by atomic mass is 9.68. The van der Waals surface area contributed by atoms with E-state index in [0.29, 0.717) is 22.6 Å². The quantitative estimate of drug-likeness (QED) is 0.771. The van der Waals surface area contributed by atoms with Crippen molar-refractivity contribution >= 4 is 10.8 Å². The fourth-order valence-electron chi connectivity index (χ4n) is 3.25. The molecule has 1 rings (SSSR count). The molecule has 0 aromatic carbocycles. The molecule has 0 radical (unpaired) electrons. The molecule has 4 unspecified atom stereocenters. The van der Waals surface area contributed by atoms with Gasteiger partial charge >= 0.3 is 0 Å². The van der Waals surface area contributed by atoms with Gasteiger partial charge < -0.3 is 5.32 Å². The molecule has 0 aliphatic heterocycles. The molecule has 2 nitrogen and oxygen atoms in total. The Kier molecular flexibility index (Phi) is 7.20. The molecule has 1 N–H and O–H groups in total. The largest absolute Gasteiger partial charge is 0.316 e. The minimum atomic E-state index is -0.677. The summed E-state index contributed by atoms with van der Waals surface area (Å²) in [6, 6.07) is 0.451. The first kappa shape index (κ1) is 18.2. The summed E-state index contributed by atoms with van der Waals surface area (Å²) in [5.41, 5.74) is 0.388. The molecule has 120 valence electrons. The third kappa shape index (κ3) is 4.84. The fourth-order valence-corrected chi connectivity index (χ4v) is 5.34. The maximum absolute atomic E-state index is 12.7. The molecule has 1 aliphatic carbocycles. The van der Waals surface area contributed by atoms with Crippen molar-refractivity contribution in [3.05, 3.63) is 0 Å². The van der Waals surface area contributed by atoms with Crippen molar-refractivity contribution in [2.24, 2.45) is 17.3 Å². The predicted molar refractivity (Wildman–Crippen MR) is 90.5 cm³/mol. The van der Waals surface area contributed by atoms with Crippen molar-refractivity contribution in [3.8, 4) is 0 Å². The van der Waals surface area contributed by atoms with Crippen molar-refractivity contribution in [1.82, 2.24) is 5.32 Å². The summed E-state index contributed by atoms with van der Waals surface area (Å²) in [7, 11) is 1.35. The Labute approximate surface area is 128 Å². The molecule has 1 aliphatic rings. The zero-order chi connectivity index (χ0) is 15.3. The fraction of sp³-hybridized carbons (Fsp3) is 1.00. The first-order valence-corrected chi connectivity index (χ1v) is 9.74. The summed E-state index contributed by atoms with van der Waals surface area (Å²) >= 11 is 0. The third-order valence-electron chi connectivity index (χ3n) is 5.41. The summed E-state index contributed by atoms with van der Waals surface area (Å²) in [6.07, 6.45) is 5.90. The first-order valence-electron chi connectivity index (χ1n) is 8.36. The maximum Gasteiger partial charge on any atom is 0.0503 e. The summed E-state index contributed by atoms with van der Waals surface area (Å²) < 4.78 is 12.7. The van der Waals surface area contributed by atoms with Crippen LogP contribution in [0.5, 0.6) is 0 Å². The second-order valence-electron chi connectivity index (χ2n) is 7.55.